The minimum Gasteiger partial charge on any atom is -0.504 e. The number of phenols is 1. The van der Waals surface area contributed by atoms with Crippen molar-refractivity contribution in [2.45, 2.75) is 6.92 Å². The lowest BCUT2D eigenvalue weighted by Gasteiger charge is -2.12. The monoisotopic (exact) mass is 473 g/mol. The van der Waals surface area contributed by atoms with E-state index in [0.29, 0.717) is 28.2 Å². The van der Waals surface area contributed by atoms with Crippen LogP contribution in [0.4, 0.5) is 0 Å². The number of fused-ring (bicyclic) bond motifs is 1. The van der Waals surface area contributed by atoms with Crippen LogP contribution in [0, 0.1) is 6.92 Å². The number of phenolic OH excluding ortho intramolecular Hbond substituents is 1. The molecule has 8 heteroatoms. The van der Waals surface area contributed by atoms with Crippen LogP contribution in [0.3, 0.4) is 0 Å². The highest BCUT2D eigenvalue weighted by atomic mass is 35.5. The maximum absolute atomic E-state index is 13.5. The Morgan fingerprint density at radius 2 is 1.65 bits per heavy atom. The molecule has 3 aromatic carbocycles. The first-order valence-corrected chi connectivity index (χ1v) is 10.9. The molecular formula is C26H20ClN3O4. The van der Waals surface area contributed by atoms with Crippen molar-refractivity contribution in [2.75, 3.05) is 7.11 Å². The van der Waals surface area contributed by atoms with E-state index in [1.807, 2.05) is 25.1 Å². The third-order valence-electron chi connectivity index (χ3n) is 5.72. The van der Waals surface area contributed by atoms with Gasteiger partial charge in [-0.15, -0.1) is 0 Å². The molecule has 5 aromatic rings. The molecule has 0 aliphatic rings. The number of aromatic amines is 1. The number of methoxy groups -OCH3 is 1. The van der Waals surface area contributed by atoms with Crippen molar-refractivity contribution >= 4 is 22.6 Å². The Balaban J connectivity index is 1.68. The number of aromatic hydroxyl groups is 1. The topological polar surface area (TPSA) is 89.2 Å². The van der Waals surface area contributed by atoms with Gasteiger partial charge in [0, 0.05) is 11.3 Å². The zero-order valence-electron chi connectivity index (χ0n) is 18.4. The Kier molecular flexibility index (Phi) is 5.26. The molecule has 0 atom stereocenters. The molecule has 2 heterocycles. The third-order valence-corrected chi connectivity index (χ3v) is 6.00. The van der Waals surface area contributed by atoms with Crippen molar-refractivity contribution in [3.63, 3.8) is 0 Å². The number of hydrogen-bond acceptors (Lipinski definition) is 4. The molecule has 170 valence electrons. The summed E-state index contributed by atoms with van der Waals surface area (Å²) >= 11 is 6.51. The molecular weight excluding hydrogens is 454 g/mol. The molecule has 0 aliphatic heterocycles. The first-order chi connectivity index (χ1) is 16.4. The number of hydrogen-bond donors (Lipinski definition) is 2. The quantitative estimate of drug-likeness (QED) is 0.392. The van der Waals surface area contributed by atoms with Crippen LogP contribution in [-0.2, 0) is 0 Å². The second-order valence-electron chi connectivity index (χ2n) is 7.88. The minimum absolute atomic E-state index is 0.0424. The van der Waals surface area contributed by atoms with E-state index in [4.69, 9.17) is 16.3 Å². The normalized spacial score (nSPS) is 11.1. The summed E-state index contributed by atoms with van der Waals surface area (Å²) in [6.07, 6.45) is 0. The van der Waals surface area contributed by atoms with Gasteiger partial charge < -0.3 is 14.8 Å². The van der Waals surface area contributed by atoms with Crippen LogP contribution in [0.5, 0.6) is 11.5 Å². The SMILES string of the molecule is COc1cccc(-c2ccc(-n3c(Cl)cc4[nH]c(=O)n(-c5cccc(C)c5)c(=O)c43)cc2)c1O. The van der Waals surface area contributed by atoms with Gasteiger partial charge in [0.25, 0.3) is 5.56 Å². The maximum Gasteiger partial charge on any atom is 0.333 e. The van der Waals surface area contributed by atoms with E-state index < -0.39 is 11.2 Å². The maximum atomic E-state index is 13.5. The predicted octanol–water partition coefficient (Wildman–Crippen LogP) is 4.81. The van der Waals surface area contributed by atoms with Crippen LogP contribution in [0.2, 0.25) is 5.15 Å². The fourth-order valence-electron chi connectivity index (χ4n) is 4.12. The molecule has 2 aromatic heterocycles. The molecule has 2 N–H and O–H groups in total. The number of nitrogens with zero attached hydrogens (tertiary/aromatic N) is 2. The van der Waals surface area contributed by atoms with Crippen LogP contribution in [-0.4, -0.2) is 26.3 Å². The van der Waals surface area contributed by atoms with Gasteiger partial charge >= 0.3 is 5.69 Å². The van der Waals surface area contributed by atoms with Crippen LogP contribution in [0.1, 0.15) is 5.56 Å². The second kappa shape index (κ2) is 8.28. The molecule has 0 bridgehead atoms. The number of halogens is 1. The van der Waals surface area contributed by atoms with Gasteiger partial charge in [0.1, 0.15) is 10.7 Å². The first-order valence-electron chi connectivity index (χ1n) is 10.5. The van der Waals surface area contributed by atoms with Gasteiger partial charge in [-0.2, -0.15) is 0 Å². The summed E-state index contributed by atoms with van der Waals surface area (Å²) in [5, 5.41) is 10.8. The second-order valence-corrected chi connectivity index (χ2v) is 8.27. The molecule has 34 heavy (non-hydrogen) atoms. The van der Waals surface area contributed by atoms with Gasteiger partial charge in [-0.1, -0.05) is 48.0 Å². The van der Waals surface area contributed by atoms with Gasteiger partial charge in [-0.25, -0.2) is 9.36 Å². The largest absolute Gasteiger partial charge is 0.504 e. The Bertz CT molecular complexity index is 1660. The van der Waals surface area contributed by atoms with E-state index in [1.54, 1.807) is 59.2 Å². The predicted molar refractivity (Wildman–Crippen MR) is 133 cm³/mol. The molecule has 0 saturated heterocycles. The van der Waals surface area contributed by atoms with E-state index in [2.05, 4.69) is 4.98 Å². The smallest absolute Gasteiger partial charge is 0.333 e. The van der Waals surface area contributed by atoms with Crippen molar-refractivity contribution < 1.29 is 9.84 Å². The van der Waals surface area contributed by atoms with Crippen molar-refractivity contribution in [3.8, 4) is 34.0 Å². The number of ether oxygens (including phenoxy) is 1. The lowest BCUT2D eigenvalue weighted by molar-refractivity contribution is 0.374. The Morgan fingerprint density at radius 1 is 0.912 bits per heavy atom. The molecule has 0 fully saturated rings. The highest BCUT2D eigenvalue weighted by Crippen LogP contribution is 2.37. The van der Waals surface area contributed by atoms with Crippen LogP contribution in [0.15, 0.2) is 82.4 Å². The highest BCUT2D eigenvalue weighted by Gasteiger charge is 2.18. The van der Waals surface area contributed by atoms with E-state index in [0.717, 1.165) is 15.7 Å². The number of nitrogens with one attached hydrogen (secondary N) is 1. The Hall–Kier alpha value is -4.23. The van der Waals surface area contributed by atoms with Crippen molar-refractivity contribution in [2.24, 2.45) is 0 Å². The Labute approximate surface area is 199 Å². The lowest BCUT2D eigenvalue weighted by Crippen LogP contribution is -2.34. The number of benzene rings is 3. The average Bonchev–Trinajstić information content (AvgIpc) is 3.15. The van der Waals surface area contributed by atoms with Crippen LogP contribution in [0.25, 0.3) is 33.5 Å². The van der Waals surface area contributed by atoms with Gasteiger partial charge in [-0.3, -0.25) is 9.36 Å². The summed E-state index contributed by atoms with van der Waals surface area (Å²) in [6.45, 7) is 1.89. The molecule has 0 aliphatic carbocycles. The molecule has 0 amide bonds. The molecule has 0 radical (unpaired) electrons. The fourth-order valence-corrected chi connectivity index (χ4v) is 4.41. The van der Waals surface area contributed by atoms with E-state index >= 15 is 0 Å². The molecule has 0 saturated carbocycles. The number of H-pyrrole nitrogens is 1. The first kappa shape index (κ1) is 21.6. The molecule has 0 spiro atoms. The van der Waals surface area contributed by atoms with Crippen LogP contribution >= 0.6 is 11.6 Å². The molecule has 7 nitrogen and oxygen atoms in total. The van der Waals surface area contributed by atoms with E-state index in [9.17, 15) is 14.7 Å². The van der Waals surface area contributed by atoms with Crippen molar-refractivity contribution in [1.29, 1.82) is 0 Å². The molecule has 5 rings (SSSR count). The standard InChI is InChI=1S/C26H20ClN3O4/c1-15-5-3-6-18(13-15)30-25(32)23-20(28-26(30)33)14-22(27)29(23)17-11-9-16(10-12-17)19-7-4-8-21(34-2)24(19)31/h3-14,31H,1-2H3,(H,28,33). The Morgan fingerprint density at radius 3 is 2.35 bits per heavy atom. The number of aryl methyl sites for hydroxylation is 1. The lowest BCUT2D eigenvalue weighted by atomic mass is 10.0. The number of aromatic nitrogens is 3. The van der Waals surface area contributed by atoms with Gasteiger partial charge in [0.15, 0.2) is 11.5 Å². The summed E-state index contributed by atoms with van der Waals surface area (Å²) in [7, 11) is 1.49. The number of rotatable bonds is 4. The molecule has 0 unspecified atom stereocenters. The average molecular weight is 474 g/mol. The summed E-state index contributed by atoms with van der Waals surface area (Å²) in [5.41, 5.74) is 2.98. The summed E-state index contributed by atoms with van der Waals surface area (Å²) in [4.78, 5) is 29.0. The summed E-state index contributed by atoms with van der Waals surface area (Å²) in [6, 6.07) is 21.2. The van der Waals surface area contributed by atoms with Gasteiger partial charge in [0.05, 0.1) is 18.3 Å². The summed E-state index contributed by atoms with van der Waals surface area (Å²) < 4.78 is 7.89. The van der Waals surface area contributed by atoms with Gasteiger partial charge in [0.2, 0.25) is 0 Å². The van der Waals surface area contributed by atoms with Gasteiger partial charge in [-0.05, 0) is 54.4 Å². The van der Waals surface area contributed by atoms with Crippen LogP contribution < -0.4 is 16.0 Å². The highest BCUT2D eigenvalue weighted by molar-refractivity contribution is 6.31. The fraction of sp³-hybridized carbons (Fsp3) is 0.0769. The zero-order valence-corrected chi connectivity index (χ0v) is 19.1. The van der Waals surface area contributed by atoms with E-state index in [1.165, 1.54) is 7.11 Å². The summed E-state index contributed by atoms with van der Waals surface area (Å²) in [5.74, 6) is 0.419. The number of para-hydroxylation sites is 1. The van der Waals surface area contributed by atoms with Crippen molar-refractivity contribution in [3.05, 3.63) is 104 Å². The third kappa shape index (κ3) is 3.47. The van der Waals surface area contributed by atoms with E-state index in [-0.39, 0.29) is 16.4 Å². The minimum atomic E-state index is -0.541. The van der Waals surface area contributed by atoms with Crippen molar-refractivity contribution in [1.82, 2.24) is 14.1 Å². The zero-order chi connectivity index (χ0) is 24.0.